The van der Waals surface area contributed by atoms with Crippen molar-refractivity contribution >= 4 is 15.6 Å². The zero-order valence-corrected chi connectivity index (χ0v) is 26.2. The molecule has 0 amide bonds. The second-order valence-corrected chi connectivity index (χ2v) is 16.7. The number of benzene rings is 1. The van der Waals surface area contributed by atoms with Gasteiger partial charge in [-0.05, 0) is 122 Å². The zero-order chi connectivity index (χ0) is 29.7. The molecular formula is C34H51FO5S. The van der Waals surface area contributed by atoms with Crippen LogP contribution in [0.2, 0.25) is 0 Å². The van der Waals surface area contributed by atoms with Crippen molar-refractivity contribution in [2.24, 2.45) is 52.3 Å². The van der Waals surface area contributed by atoms with Crippen LogP contribution in [0.15, 0.2) is 29.2 Å². The summed E-state index contributed by atoms with van der Waals surface area (Å²) in [5, 5.41) is 22.4. The van der Waals surface area contributed by atoms with Gasteiger partial charge in [-0.2, -0.15) is 0 Å². The molecule has 4 aliphatic carbocycles. The number of sulfone groups is 1. The predicted molar refractivity (Wildman–Crippen MR) is 158 cm³/mol. The van der Waals surface area contributed by atoms with Gasteiger partial charge in [0.1, 0.15) is 17.4 Å². The Morgan fingerprint density at radius 2 is 1.76 bits per heavy atom. The summed E-state index contributed by atoms with van der Waals surface area (Å²) >= 11 is 0. The molecule has 0 radical (unpaired) electrons. The van der Waals surface area contributed by atoms with E-state index in [0.29, 0.717) is 41.9 Å². The summed E-state index contributed by atoms with van der Waals surface area (Å²) in [6.07, 6.45) is 9.58. The van der Waals surface area contributed by atoms with Crippen LogP contribution in [0.25, 0.3) is 0 Å². The lowest BCUT2D eigenvalue weighted by molar-refractivity contribution is -0.203. The van der Waals surface area contributed by atoms with Crippen molar-refractivity contribution in [2.75, 3.05) is 5.75 Å². The molecule has 0 heterocycles. The lowest BCUT2D eigenvalue weighted by Crippen LogP contribution is -2.62. The molecule has 0 bridgehead atoms. The van der Waals surface area contributed by atoms with Gasteiger partial charge in [0.25, 0.3) is 0 Å². The van der Waals surface area contributed by atoms with Crippen LogP contribution in [0.1, 0.15) is 98.3 Å². The van der Waals surface area contributed by atoms with Crippen LogP contribution >= 0.6 is 0 Å². The Hall–Kier alpha value is -1.31. The van der Waals surface area contributed by atoms with Crippen LogP contribution in [-0.4, -0.2) is 42.4 Å². The van der Waals surface area contributed by atoms with Gasteiger partial charge in [0.15, 0.2) is 9.84 Å². The number of fused-ring (bicyclic) bond motifs is 5. The molecular weight excluding hydrogens is 539 g/mol. The van der Waals surface area contributed by atoms with Crippen molar-refractivity contribution in [1.29, 1.82) is 0 Å². The summed E-state index contributed by atoms with van der Waals surface area (Å²) in [7, 11) is -3.84. The van der Waals surface area contributed by atoms with E-state index < -0.39 is 21.4 Å². The molecule has 0 spiro atoms. The molecule has 0 aliphatic heterocycles. The second kappa shape index (κ2) is 11.6. The third kappa shape index (κ3) is 5.57. The molecule has 2 N–H and O–H groups in total. The third-order valence-corrected chi connectivity index (χ3v) is 14.4. The molecule has 0 saturated heterocycles. The van der Waals surface area contributed by atoms with Crippen molar-refractivity contribution < 1.29 is 27.8 Å². The molecule has 230 valence electrons. The van der Waals surface area contributed by atoms with Crippen LogP contribution in [0.3, 0.4) is 0 Å². The molecule has 0 unspecified atom stereocenters. The molecule has 1 aromatic rings. The fraction of sp³-hybridized carbons (Fsp3) is 0.794. The van der Waals surface area contributed by atoms with Crippen LogP contribution in [0.4, 0.5) is 4.39 Å². The van der Waals surface area contributed by atoms with Crippen LogP contribution < -0.4 is 0 Å². The summed E-state index contributed by atoms with van der Waals surface area (Å²) in [5.41, 5.74) is 0.364. The topological polar surface area (TPSA) is 91.7 Å². The summed E-state index contributed by atoms with van der Waals surface area (Å²) in [4.78, 5) is 12.5. The highest BCUT2D eigenvalue weighted by Gasteiger charge is 2.64. The number of aliphatic hydroxyl groups is 2. The van der Waals surface area contributed by atoms with E-state index >= 15 is 0 Å². The average Bonchev–Trinajstić information content (AvgIpc) is 3.27. The Bertz CT molecular complexity index is 1220. The van der Waals surface area contributed by atoms with Crippen LogP contribution in [-0.2, 0) is 14.6 Å². The Morgan fingerprint density at radius 1 is 1.05 bits per heavy atom. The first-order chi connectivity index (χ1) is 19.3. The normalized spacial score (nSPS) is 41.2. The van der Waals surface area contributed by atoms with E-state index in [4.69, 9.17) is 0 Å². The number of hydrogen-bond acceptors (Lipinski definition) is 5. The quantitative estimate of drug-likeness (QED) is 0.338. The molecule has 0 aromatic heterocycles. The largest absolute Gasteiger partial charge is 0.393 e. The maximum atomic E-state index is 13.5. The van der Waals surface area contributed by atoms with Crippen LogP contribution in [0, 0.1) is 58.1 Å². The van der Waals surface area contributed by atoms with Crippen molar-refractivity contribution in [3.05, 3.63) is 30.1 Å². The van der Waals surface area contributed by atoms with Crippen molar-refractivity contribution in [1.82, 2.24) is 0 Å². The van der Waals surface area contributed by atoms with Gasteiger partial charge in [0, 0.05) is 6.42 Å². The number of Topliss-reactive ketones (excluding diaryl/α,β-unsaturated/α-hetero) is 1. The molecule has 11 atom stereocenters. The SMILES string of the molecule is CC[C@H]1[C@@H](O)[C@@H]2[C@H](CC[C@]3(C)[C@@H]([C@H](C)CCCC(=O)CS(=O)(=O)c4cccc(F)c4)CC[C@@H]23)[C@@]2(C)CC[C@@H](O)C[C@@H]12. The lowest BCUT2D eigenvalue weighted by Gasteiger charge is -2.64. The van der Waals surface area contributed by atoms with Crippen molar-refractivity contribution in [2.45, 2.75) is 115 Å². The number of carbonyl (C=O) groups is 1. The number of ketones is 1. The summed E-state index contributed by atoms with van der Waals surface area (Å²) in [6, 6.07) is 4.85. The van der Waals surface area contributed by atoms with Crippen LogP contribution in [0.5, 0.6) is 0 Å². The minimum atomic E-state index is -3.84. The minimum absolute atomic E-state index is 0.139. The van der Waals surface area contributed by atoms with Gasteiger partial charge in [0.2, 0.25) is 0 Å². The molecule has 1 aromatic carbocycles. The standard InChI is InChI=1S/C34H51FO5S/c1-5-26-30-19-23(36)14-16-34(30,4)29-15-17-33(3)27(12-13-28(33)31(29)32(26)38)21(2)8-6-10-24(37)20-41(39,40)25-11-7-9-22(35)18-25/h7,9,11,18,21,23,26-32,36,38H,5-6,8,10,12-17,19-20H2,1-4H3/t21-,23-,26-,27-,28+,29+,30+,31+,32-,33-,34-/m1/s1. The summed E-state index contributed by atoms with van der Waals surface area (Å²) in [5.74, 6) is 1.43. The molecule has 41 heavy (non-hydrogen) atoms. The Kier molecular flexibility index (Phi) is 8.84. The van der Waals surface area contributed by atoms with E-state index in [0.717, 1.165) is 57.4 Å². The smallest absolute Gasteiger partial charge is 0.185 e. The third-order valence-electron chi connectivity index (χ3n) is 12.8. The molecule has 7 heteroatoms. The summed E-state index contributed by atoms with van der Waals surface area (Å²) < 4.78 is 38.7. The molecule has 4 aliphatic rings. The van der Waals surface area contributed by atoms with Gasteiger partial charge in [-0.1, -0.05) is 46.6 Å². The van der Waals surface area contributed by atoms with E-state index in [1.165, 1.54) is 24.6 Å². The zero-order valence-electron chi connectivity index (χ0n) is 25.4. The first-order valence-electron chi connectivity index (χ1n) is 16.2. The first kappa shape index (κ1) is 31.1. The predicted octanol–water partition coefficient (Wildman–Crippen LogP) is 6.60. The van der Waals surface area contributed by atoms with Gasteiger partial charge >= 0.3 is 0 Å². The highest BCUT2D eigenvalue weighted by atomic mass is 32.2. The average molecular weight is 591 g/mol. The van der Waals surface area contributed by atoms with E-state index in [2.05, 4.69) is 27.7 Å². The highest BCUT2D eigenvalue weighted by molar-refractivity contribution is 7.92. The lowest BCUT2D eigenvalue weighted by atomic mass is 9.41. The fourth-order valence-corrected chi connectivity index (χ4v) is 12.1. The number of carbonyl (C=O) groups excluding carboxylic acids is 1. The molecule has 5 rings (SSSR count). The number of halogens is 1. The van der Waals surface area contributed by atoms with E-state index in [-0.39, 0.29) is 46.1 Å². The van der Waals surface area contributed by atoms with Gasteiger partial charge in [-0.25, -0.2) is 12.8 Å². The summed E-state index contributed by atoms with van der Waals surface area (Å²) in [6.45, 7) is 9.44. The van der Waals surface area contributed by atoms with E-state index in [9.17, 15) is 27.8 Å². The van der Waals surface area contributed by atoms with Crippen molar-refractivity contribution in [3.8, 4) is 0 Å². The van der Waals surface area contributed by atoms with E-state index in [1.807, 2.05) is 0 Å². The van der Waals surface area contributed by atoms with E-state index in [1.54, 1.807) is 0 Å². The number of rotatable bonds is 9. The Labute approximate surface area is 246 Å². The highest BCUT2D eigenvalue weighted by Crippen LogP contribution is 2.69. The van der Waals surface area contributed by atoms with Gasteiger partial charge in [-0.3, -0.25) is 4.79 Å². The Morgan fingerprint density at radius 3 is 2.46 bits per heavy atom. The number of aliphatic hydroxyl groups excluding tert-OH is 2. The minimum Gasteiger partial charge on any atom is -0.393 e. The Balaban J connectivity index is 1.22. The van der Waals surface area contributed by atoms with Gasteiger partial charge in [0.05, 0.1) is 17.1 Å². The van der Waals surface area contributed by atoms with Crippen molar-refractivity contribution in [3.63, 3.8) is 0 Å². The molecule has 5 nitrogen and oxygen atoms in total. The van der Waals surface area contributed by atoms with Gasteiger partial charge in [-0.15, -0.1) is 0 Å². The monoisotopic (exact) mass is 590 g/mol. The second-order valence-electron chi connectivity index (χ2n) is 14.7. The fourth-order valence-electron chi connectivity index (χ4n) is 10.8. The maximum Gasteiger partial charge on any atom is 0.185 e. The number of hydrogen-bond donors (Lipinski definition) is 2. The molecule has 4 saturated carbocycles. The molecule has 4 fully saturated rings. The first-order valence-corrected chi connectivity index (χ1v) is 17.8. The maximum absolute atomic E-state index is 13.5. The van der Waals surface area contributed by atoms with Gasteiger partial charge < -0.3 is 10.2 Å².